The molecule has 0 aromatic carbocycles. The molecule has 1 N–H and O–H groups in total. The molecule has 1 aliphatic carbocycles. The van der Waals surface area contributed by atoms with Crippen molar-refractivity contribution in [3.05, 3.63) is 0 Å². The minimum absolute atomic E-state index is 0.294. The van der Waals surface area contributed by atoms with Gasteiger partial charge in [-0.1, -0.05) is 12.8 Å². The zero-order valence-corrected chi connectivity index (χ0v) is 12.7. The predicted octanol–water partition coefficient (Wildman–Crippen LogP) is 3.39. The Bertz CT molecular complexity index is 321. The van der Waals surface area contributed by atoms with Crippen molar-refractivity contribution in [2.45, 2.75) is 65.3 Å². The van der Waals surface area contributed by atoms with Gasteiger partial charge in [-0.3, -0.25) is 4.79 Å². The summed E-state index contributed by atoms with van der Waals surface area (Å²) in [6, 6.07) is 0.634. The molecule has 2 aliphatic rings. The standard InChI is InChI=1S/C16H29NO2/c1-12(13-7-4-5-8-13)17-10-6-9-14(11-17)16(2,3)15(18)19/h12-14H,4-11H2,1-3H3,(H,18,19). The van der Waals surface area contributed by atoms with Crippen molar-refractivity contribution < 1.29 is 9.90 Å². The highest BCUT2D eigenvalue weighted by Crippen LogP contribution is 2.37. The van der Waals surface area contributed by atoms with Crippen LogP contribution < -0.4 is 0 Å². The van der Waals surface area contributed by atoms with Crippen molar-refractivity contribution in [3.8, 4) is 0 Å². The van der Waals surface area contributed by atoms with Crippen LogP contribution in [0.4, 0.5) is 0 Å². The molecular weight excluding hydrogens is 238 g/mol. The van der Waals surface area contributed by atoms with Gasteiger partial charge in [0.05, 0.1) is 5.41 Å². The van der Waals surface area contributed by atoms with E-state index in [4.69, 9.17) is 0 Å². The fraction of sp³-hybridized carbons (Fsp3) is 0.938. The van der Waals surface area contributed by atoms with E-state index in [-0.39, 0.29) is 0 Å². The minimum Gasteiger partial charge on any atom is -0.481 e. The molecule has 0 aromatic rings. The van der Waals surface area contributed by atoms with E-state index in [0.717, 1.165) is 31.8 Å². The van der Waals surface area contributed by atoms with Crippen LogP contribution in [-0.4, -0.2) is 35.1 Å². The average molecular weight is 267 g/mol. The van der Waals surface area contributed by atoms with Gasteiger partial charge < -0.3 is 10.0 Å². The topological polar surface area (TPSA) is 40.5 Å². The van der Waals surface area contributed by atoms with Gasteiger partial charge in [0.2, 0.25) is 0 Å². The highest BCUT2D eigenvalue weighted by Gasteiger charge is 2.40. The largest absolute Gasteiger partial charge is 0.481 e. The summed E-state index contributed by atoms with van der Waals surface area (Å²) in [7, 11) is 0. The second kappa shape index (κ2) is 5.82. The number of carboxylic acid groups (broad SMARTS) is 1. The van der Waals surface area contributed by atoms with Crippen LogP contribution in [0.15, 0.2) is 0 Å². The lowest BCUT2D eigenvalue weighted by atomic mass is 9.74. The Hall–Kier alpha value is -0.570. The van der Waals surface area contributed by atoms with E-state index in [1.165, 1.54) is 25.7 Å². The van der Waals surface area contributed by atoms with Crippen LogP contribution in [0.2, 0.25) is 0 Å². The van der Waals surface area contributed by atoms with Crippen LogP contribution in [-0.2, 0) is 4.79 Å². The van der Waals surface area contributed by atoms with Gasteiger partial charge in [0.15, 0.2) is 0 Å². The molecule has 3 nitrogen and oxygen atoms in total. The van der Waals surface area contributed by atoms with Crippen molar-refractivity contribution >= 4 is 5.97 Å². The summed E-state index contributed by atoms with van der Waals surface area (Å²) in [5.41, 5.74) is -0.589. The molecule has 2 atom stereocenters. The summed E-state index contributed by atoms with van der Waals surface area (Å²) >= 11 is 0. The first kappa shape index (κ1) is 14.8. The number of piperidine rings is 1. The third kappa shape index (κ3) is 3.13. The number of rotatable bonds is 4. The van der Waals surface area contributed by atoms with Gasteiger partial charge in [-0.25, -0.2) is 0 Å². The van der Waals surface area contributed by atoms with Crippen LogP contribution >= 0.6 is 0 Å². The van der Waals surface area contributed by atoms with Gasteiger partial charge >= 0.3 is 5.97 Å². The molecule has 2 unspecified atom stereocenters. The molecule has 1 aliphatic heterocycles. The van der Waals surface area contributed by atoms with Crippen molar-refractivity contribution in [3.63, 3.8) is 0 Å². The van der Waals surface area contributed by atoms with Crippen molar-refractivity contribution in [1.82, 2.24) is 4.90 Å². The Morgan fingerprint density at radius 1 is 1.21 bits per heavy atom. The molecule has 19 heavy (non-hydrogen) atoms. The maximum Gasteiger partial charge on any atom is 0.309 e. The normalized spacial score (nSPS) is 28.5. The monoisotopic (exact) mass is 267 g/mol. The molecular formula is C16H29NO2. The molecule has 1 saturated heterocycles. The first-order valence-electron chi connectivity index (χ1n) is 7.90. The molecule has 3 heteroatoms. The van der Waals surface area contributed by atoms with Crippen molar-refractivity contribution in [1.29, 1.82) is 0 Å². The molecule has 0 aromatic heterocycles. The Kier molecular flexibility index (Phi) is 4.54. The Labute approximate surface area is 117 Å². The van der Waals surface area contributed by atoms with E-state index >= 15 is 0 Å². The lowest BCUT2D eigenvalue weighted by Crippen LogP contribution is -2.49. The third-order valence-corrected chi connectivity index (χ3v) is 5.68. The fourth-order valence-corrected chi connectivity index (χ4v) is 3.88. The Balaban J connectivity index is 1.98. The number of nitrogens with zero attached hydrogens (tertiary/aromatic N) is 1. The number of hydrogen-bond acceptors (Lipinski definition) is 2. The quantitative estimate of drug-likeness (QED) is 0.849. The van der Waals surface area contributed by atoms with Crippen LogP contribution in [0, 0.1) is 17.3 Å². The second-order valence-electron chi connectivity index (χ2n) is 7.15. The molecule has 1 heterocycles. The summed E-state index contributed by atoms with van der Waals surface area (Å²) in [6.45, 7) is 8.26. The molecule has 110 valence electrons. The zero-order valence-electron chi connectivity index (χ0n) is 12.7. The summed E-state index contributed by atoms with van der Waals surface area (Å²) in [4.78, 5) is 14.0. The smallest absolute Gasteiger partial charge is 0.309 e. The average Bonchev–Trinajstić information content (AvgIpc) is 2.91. The number of carbonyl (C=O) groups is 1. The van der Waals surface area contributed by atoms with E-state index in [2.05, 4.69) is 11.8 Å². The van der Waals surface area contributed by atoms with Gasteiger partial charge in [0, 0.05) is 12.6 Å². The van der Waals surface area contributed by atoms with Crippen molar-refractivity contribution in [2.24, 2.45) is 17.3 Å². The first-order chi connectivity index (χ1) is 8.93. The third-order valence-electron chi connectivity index (χ3n) is 5.68. The van der Waals surface area contributed by atoms with E-state index in [1.807, 2.05) is 13.8 Å². The minimum atomic E-state index is -0.645. The first-order valence-corrected chi connectivity index (χ1v) is 7.90. The lowest BCUT2D eigenvalue weighted by molar-refractivity contribution is -0.151. The van der Waals surface area contributed by atoms with Crippen LogP contribution in [0.25, 0.3) is 0 Å². The number of aliphatic carboxylic acids is 1. The molecule has 0 bridgehead atoms. The van der Waals surface area contributed by atoms with Crippen LogP contribution in [0.1, 0.15) is 59.3 Å². The lowest BCUT2D eigenvalue weighted by Gasteiger charge is -2.43. The number of likely N-dealkylation sites (tertiary alicyclic amines) is 1. The van der Waals surface area contributed by atoms with Crippen molar-refractivity contribution in [2.75, 3.05) is 13.1 Å². The SMILES string of the molecule is CC(C1CCCC1)N1CCCC(C(C)(C)C(=O)O)C1. The predicted molar refractivity (Wildman–Crippen MR) is 77.1 cm³/mol. The highest BCUT2D eigenvalue weighted by molar-refractivity contribution is 5.74. The van der Waals surface area contributed by atoms with E-state index in [0.29, 0.717) is 12.0 Å². The van der Waals surface area contributed by atoms with Crippen LogP contribution in [0.3, 0.4) is 0 Å². The van der Waals surface area contributed by atoms with E-state index in [1.54, 1.807) is 0 Å². The zero-order chi connectivity index (χ0) is 14.0. The molecule has 1 saturated carbocycles. The van der Waals surface area contributed by atoms with Gasteiger partial charge in [-0.05, 0) is 64.8 Å². The molecule has 0 amide bonds. The summed E-state index contributed by atoms with van der Waals surface area (Å²) < 4.78 is 0. The van der Waals surface area contributed by atoms with E-state index < -0.39 is 11.4 Å². The highest BCUT2D eigenvalue weighted by atomic mass is 16.4. The van der Waals surface area contributed by atoms with Gasteiger partial charge in [-0.15, -0.1) is 0 Å². The molecule has 0 radical (unpaired) electrons. The van der Waals surface area contributed by atoms with Gasteiger partial charge in [0.1, 0.15) is 0 Å². The number of hydrogen-bond donors (Lipinski definition) is 1. The molecule has 2 fully saturated rings. The fourth-order valence-electron chi connectivity index (χ4n) is 3.88. The molecule has 0 spiro atoms. The van der Waals surface area contributed by atoms with Crippen LogP contribution in [0.5, 0.6) is 0 Å². The second-order valence-corrected chi connectivity index (χ2v) is 7.15. The molecule has 2 rings (SSSR count). The summed E-state index contributed by atoms with van der Waals surface area (Å²) in [5, 5.41) is 9.41. The maximum absolute atomic E-state index is 11.4. The maximum atomic E-state index is 11.4. The summed E-state index contributed by atoms with van der Waals surface area (Å²) in [5.74, 6) is 0.488. The van der Waals surface area contributed by atoms with Gasteiger partial charge in [0.25, 0.3) is 0 Å². The Morgan fingerprint density at radius 2 is 1.84 bits per heavy atom. The Morgan fingerprint density at radius 3 is 2.42 bits per heavy atom. The summed E-state index contributed by atoms with van der Waals surface area (Å²) in [6.07, 6.45) is 7.71. The van der Waals surface area contributed by atoms with Gasteiger partial charge in [-0.2, -0.15) is 0 Å². The van der Waals surface area contributed by atoms with E-state index in [9.17, 15) is 9.90 Å². The number of carboxylic acids is 1.